The lowest BCUT2D eigenvalue weighted by molar-refractivity contribution is -0.137. The van der Waals surface area contributed by atoms with Gasteiger partial charge < -0.3 is 10.6 Å². The molecule has 1 heterocycles. The summed E-state index contributed by atoms with van der Waals surface area (Å²) in [5.74, 6) is -0.273. The van der Waals surface area contributed by atoms with Crippen molar-refractivity contribution < 1.29 is 18.0 Å². The Morgan fingerprint density at radius 1 is 1.09 bits per heavy atom. The van der Waals surface area contributed by atoms with Crippen molar-refractivity contribution in [1.29, 1.82) is 0 Å². The zero-order chi connectivity index (χ0) is 16.0. The highest BCUT2D eigenvalue weighted by molar-refractivity contribution is 5.80. The van der Waals surface area contributed by atoms with Crippen molar-refractivity contribution in [2.24, 2.45) is 0 Å². The number of nitrogens with one attached hydrogen (secondary N) is 2. The van der Waals surface area contributed by atoms with Gasteiger partial charge in [-0.15, -0.1) is 0 Å². The van der Waals surface area contributed by atoms with Crippen molar-refractivity contribution in [3.8, 4) is 0 Å². The van der Waals surface area contributed by atoms with E-state index in [4.69, 9.17) is 0 Å². The van der Waals surface area contributed by atoms with Gasteiger partial charge in [0, 0.05) is 11.9 Å². The SMILES string of the molecule is O=C(CNc1ccc(C(F)(F)F)cc1)NCc1ccccn1. The van der Waals surface area contributed by atoms with Gasteiger partial charge in [0.15, 0.2) is 0 Å². The number of benzene rings is 1. The zero-order valence-electron chi connectivity index (χ0n) is 11.5. The third-order valence-electron chi connectivity index (χ3n) is 2.86. The minimum Gasteiger partial charge on any atom is -0.376 e. The lowest BCUT2D eigenvalue weighted by Crippen LogP contribution is -2.29. The van der Waals surface area contributed by atoms with Gasteiger partial charge in [-0.2, -0.15) is 13.2 Å². The lowest BCUT2D eigenvalue weighted by Gasteiger charge is -2.10. The first kappa shape index (κ1) is 15.8. The predicted octanol–water partition coefficient (Wildman–Crippen LogP) is 2.83. The Labute approximate surface area is 125 Å². The van der Waals surface area contributed by atoms with E-state index in [0.717, 1.165) is 17.8 Å². The molecule has 0 aliphatic rings. The summed E-state index contributed by atoms with van der Waals surface area (Å²) >= 11 is 0. The van der Waals surface area contributed by atoms with Gasteiger partial charge in [0.2, 0.25) is 5.91 Å². The molecular formula is C15H14F3N3O. The average Bonchev–Trinajstić information content (AvgIpc) is 2.51. The number of anilines is 1. The first-order valence-electron chi connectivity index (χ1n) is 6.53. The quantitative estimate of drug-likeness (QED) is 0.893. The lowest BCUT2D eigenvalue weighted by atomic mass is 10.2. The van der Waals surface area contributed by atoms with Crippen LogP contribution in [0, 0.1) is 0 Å². The van der Waals surface area contributed by atoms with Crippen LogP contribution in [0.1, 0.15) is 11.3 Å². The molecule has 0 saturated heterocycles. The molecule has 2 aromatic rings. The van der Waals surface area contributed by atoms with E-state index in [1.807, 2.05) is 6.07 Å². The molecule has 0 radical (unpaired) electrons. The van der Waals surface area contributed by atoms with E-state index in [9.17, 15) is 18.0 Å². The van der Waals surface area contributed by atoms with E-state index < -0.39 is 11.7 Å². The standard InChI is InChI=1S/C15H14F3N3O/c16-15(17,18)11-4-6-12(7-5-11)20-10-14(22)21-9-13-3-1-2-8-19-13/h1-8,20H,9-10H2,(H,21,22). The van der Waals surface area contributed by atoms with Gasteiger partial charge in [0.05, 0.1) is 24.3 Å². The minimum atomic E-state index is -4.36. The van der Waals surface area contributed by atoms with Crippen LogP contribution < -0.4 is 10.6 Å². The molecule has 2 rings (SSSR count). The zero-order valence-corrected chi connectivity index (χ0v) is 11.5. The number of pyridine rings is 1. The fourth-order valence-corrected chi connectivity index (χ4v) is 1.71. The summed E-state index contributed by atoms with van der Waals surface area (Å²) in [6.07, 6.45) is -2.74. The molecule has 0 bridgehead atoms. The van der Waals surface area contributed by atoms with Gasteiger partial charge in [-0.05, 0) is 36.4 Å². The first-order chi connectivity index (χ1) is 10.4. The molecule has 4 nitrogen and oxygen atoms in total. The Kier molecular flexibility index (Phi) is 4.98. The number of aromatic nitrogens is 1. The van der Waals surface area contributed by atoms with Crippen LogP contribution >= 0.6 is 0 Å². The molecule has 0 aliphatic carbocycles. The van der Waals surface area contributed by atoms with Gasteiger partial charge in [0.1, 0.15) is 0 Å². The number of rotatable bonds is 5. The highest BCUT2D eigenvalue weighted by atomic mass is 19.4. The fourth-order valence-electron chi connectivity index (χ4n) is 1.71. The summed E-state index contributed by atoms with van der Waals surface area (Å²) in [4.78, 5) is 15.7. The largest absolute Gasteiger partial charge is 0.416 e. The van der Waals surface area contributed by atoms with Crippen LogP contribution in [0.4, 0.5) is 18.9 Å². The highest BCUT2D eigenvalue weighted by Gasteiger charge is 2.29. The molecule has 0 spiro atoms. The molecule has 22 heavy (non-hydrogen) atoms. The van der Waals surface area contributed by atoms with Gasteiger partial charge >= 0.3 is 6.18 Å². The van der Waals surface area contributed by atoms with E-state index in [1.54, 1.807) is 18.3 Å². The highest BCUT2D eigenvalue weighted by Crippen LogP contribution is 2.29. The molecule has 0 atom stereocenters. The summed E-state index contributed by atoms with van der Waals surface area (Å²) in [5.41, 5.74) is 0.448. The molecule has 0 unspecified atom stereocenters. The molecule has 2 N–H and O–H groups in total. The number of hydrogen-bond acceptors (Lipinski definition) is 3. The van der Waals surface area contributed by atoms with Crippen LogP contribution in [0.5, 0.6) is 0 Å². The maximum absolute atomic E-state index is 12.4. The van der Waals surface area contributed by atoms with Crippen LogP contribution in [0.2, 0.25) is 0 Å². The van der Waals surface area contributed by atoms with Crippen LogP contribution in [0.25, 0.3) is 0 Å². The van der Waals surface area contributed by atoms with E-state index in [2.05, 4.69) is 15.6 Å². The van der Waals surface area contributed by atoms with Gasteiger partial charge in [-0.3, -0.25) is 9.78 Å². The summed E-state index contributed by atoms with van der Waals surface area (Å²) in [7, 11) is 0. The van der Waals surface area contributed by atoms with E-state index in [1.165, 1.54) is 12.1 Å². The van der Waals surface area contributed by atoms with Crippen LogP contribution in [0.15, 0.2) is 48.7 Å². The van der Waals surface area contributed by atoms with Crippen molar-refractivity contribution in [2.75, 3.05) is 11.9 Å². The summed E-state index contributed by atoms with van der Waals surface area (Å²) < 4.78 is 37.2. The third-order valence-corrected chi connectivity index (χ3v) is 2.86. The van der Waals surface area contributed by atoms with Crippen LogP contribution in [-0.2, 0) is 17.5 Å². The Balaban J connectivity index is 1.79. The van der Waals surface area contributed by atoms with Crippen LogP contribution in [0.3, 0.4) is 0 Å². The van der Waals surface area contributed by atoms with Crippen molar-refractivity contribution in [3.05, 3.63) is 59.9 Å². The number of nitrogens with zero attached hydrogens (tertiary/aromatic N) is 1. The van der Waals surface area contributed by atoms with Crippen molar-refractivity contribution in [1.82, 2.24) is 10.3 Å². The molecule has 0 saturated carbocycles. The van der Waals surface area contributed by atoms with E-state index in [0.29, 0.717) is 12.2 Å². The normalized spacial score (nSPS) is 11.0. The monoisotopic (exact) mass is 309 g/mol. The molecule has 0 fully saturated rings. The van der Waals surface area contributed by atoms with E-state index >= 15 is 0 Å². The summed E-state index contributed by atoms with van der Waals surface area (Å²) in [5, 5.41) is 5.42. The second-order valence-corrected chi connectivity index (χ2v) is 4.53. The number of carbonyl (C=O) groups excluding carboxylic acids is 1. The molecule has 116 valence electrons. The molecule has 1 aromatic carbocycles. The number of alkyl halides is 3. The maximum atomic E-state index is 12.4. The topological polar surface area (TPSA) is 54.0 Å². The third kappa shape index (κ3) is 4.76. The second kappa shape index (κ2) is 6.93. The maximum Gasteiger partial charge on any atom is 0.416 e. The Bertz CT molecular complexity index is 612. The molecule has 1 amide bonds. The number of carbonyl (C=O) groups is 1. The molecule has 0 aliphatic heterocycles. The first-order valence-corrected chi connectivity index (χ1v) is 6.53. The van der Waals surface area contributed by atoms with Crippen molar-refractivity contribution in [2.45, 2.75) is 12.7 Å². The summed E-state index contributed by atoms with van der Waals surface area (Å²) in [6.45, 7) is 0.270. The Morgan fingerprint density at radius 2 is 1.82 bits per heavy atom. The molecule has 7 heteroatoms. The second-order valence-electron chi connectivity index (χ2n) is 4.53. The smallest absolute Gasteiger partial charge is 0.376 e. The fraction of sp³-hybridized carbons (Fsp3) is 0.200. The van der Waals surface area contributed by atoms with Crippen molar-refractivity contribution in [3.63, 3.8) is 0 Å². The predicted molar refractivity (Wildman–Crippen MR) is 76.0 cm³/mol. The molecule has 1 aromatic heterocycles. The Morgan fingerprint density at radius 3 is 2.41 bits per heavy atom. The van der Waals surface area contributed by atoms with Gasteiger partial charge in [0.25, 0.3) is 0 Å². The average molecular weight is 309 g/mol. The van der Waals surface area contributed by atoms with Gasteiger partial charge in [-0.1, -0.05) is 6.07 Å². The number of amides is 1. The van der Waals surface area contributed by atoms with Crippen molar-refractivity contribution >= 4 is 11.6 Å². The minimum absolute atomic E-state index is 0.0296. The Hall–Kier alpha value is -2.57. The molecular weight excluding hydrogens is 295 g/mol. The van der Waals surface area contributed by atoms with Crippen LogP contribution in [-0.4, -0.2) is 17.4 Å². The van der Waals surface area contributed by atoms with E-state index in [-0.39, 0.29) is 12.5 Å². The number of halogens is 3. The van der Waals surface area contributed by atoms with Gasteiger partial charge in [-0.25, -0.2) is 0 Å². The number of hydrogen-bond donors (Lipinski definition) is 2. The summed E-state index contributed by atoms with van der Waals surface area (Å²) in [6, 6.07) is 9.88.